The van der Waals surface area contributed by atoms with Crippen LogP contribution in [0.3, 0.4) is 0 Å². The quantitative estimate of drug-likeness (QED) is 0.360. The molecule has 1 unspecified atom stereocenters. The molecule has 1 saturated heterocycles. The van der Waals surface area contributed by atoms with E-state index in [0.29, 0.717) is 29.5 Å². The number of quaternary nitrogens is 1. The number of aliphatic hydroxyl groups is 1. The summed E-state index contributed by atoms with van der Waals surface area (Å²) in [6.07, 6.45) is 2.37. The highest BCUT2D eigenvalue weighted by atomic mass is 16.6. The number of ketones is 1. The first-order valence-corrected chi connectivity index (χ1v) is 13.0. The fraction of sp³-hybridized carbons (Fsp3) is 0.593. The normalized spacial score (nSPS) is 33.6. The summed E-state index contributed by atoms with van der Waals surface area (Å²) in [5, 5.41) is 15.1. The third-order valence-corrected chi connectivity index (χ3v) is 9.10. The predicted molar refractivity (Wildman–Crippen MR) is 135 cm³/mol. The second-order valence-corrected chi connectivity index (χ2v) is 11.3. The largest absolute Gasteiger partial charge is 0.477 e. The van der Waals surface area contributed by atoms with Crippen LogP contribution in [0, 0.1) is 0 Å². The van der Waals surface area contributed by atoms with Crippen LogP contribution in [-0.4, -0.2) is 96.3 Å². The predicted octanol–water partition coefficient (Wildman–Crippen LogP) is 0.634. The number of carbonyl (C=O) groups is 3. The minimum atomic E-state index is -1.11. The molecule has 2 fully saturated rings. The number of Topliss-reactive ketones (excluding diaryl/α,β-unsaturated/α-hetero) is 1. The summed E-state index contributed by atoms with van der Waals surface area (Å²) in [6, 6.07) is 2.93. The number of hydrogen-bond donors (Lipinski definition) is 3. The molecule has 200 valence electrons. The summed E-state index contributed by atoms with van der Waals surface area (Å²) < 4.78 is 12.7. The molecule has 5 rings (SSSR count). The topological polar surface area (TPSA) is 131 Å². The first kappa shape index (κ1) is 25.7. The molecule has 1 spiro atoms. The van der Waals surface area contributed by atoms with E-state index in [1.54, 1.807) is 20.0 Å². The maximum Gasteiger partial charge on any atom is 0.415 e. The number of likely N-dealkylation sites (tertiary alicyclic amines) is 1. The number of carbonyl (C=O) groups excluding carboxylic acids is 3. The van der Waals surface area contributed by atoms with Crippen molar-refractivity contribution in [2.45, 2.75) is 61.8 Å². The Hall–Kier alpha value is -2.95. The van der Waals surface area contributed by atoms with Crippen molar-refractivity contribution < 1.29 is 33.4 Å². The average Bonchev–Trinajstić information content (AvgIpc) is 3.21. The number of likely N-dealkylation sites (N-methyl/N-ethyl adjacent to an activating group) is 2. The highest BCUT2D eigenvalue weighted by molar-refractivity contribution is 5.90. The van der Waals surface area contributed by atoms with Gasteiger partial charge in [-0.3, -0.25) is 9.59 Å². The zero-order chi connectivity index (χ0) is 26.8. The summed E-state index contributed by atoms with van der Waals surface area (Å²) in [4.78, 5) is 39.1. The molecule has 2 aliphatic carbocycles. The fourth-order valence-corrected chi connectivity index (χ4v) is 7.18. The van der Waals surface area contributed by atoms with Crippen LogP contribution in [0.1, 0.15) is 37.3 Å². The van der Waals surface area contributed by atoms with Crippen LogP contribution < -0.4 is 20.5 Å². The molecule has 0 aromatic heterocycles. The van der Waals surface area contributed by atoms with Crippen molar-refractivity contribution in [2.24, 2.45) is 5.73 Å². The van der Waals surface area contributed by atoms with Crippen LogP contribution in [0.4, 0.5) is 4.79 Å². The molecule has 2 aliphatic heterocycles. The van der Waals surface area contributed by atoms with Gasteiger partial charge in [0.05, 0.1) is 31.6 Å². The average molecular weight is 514 g/mol. The minimum absolute atomic E-state index is 0.0217. The molecule has 2 heterocycles. The van der Waals surface area contributed by atoms with Crippen molar-refractivity contribution in [1.82, 2.24) is 10.2 Å². The van der Waals surface area contributed by atoms with Gasteiger partial charge in [-0.15, -0.1) is 0 Å². The van der Waals surface area contributed by atoms with E-state index < -0.39 is 29.3 Å². The van der Waals surface area contributed by atoms with Crippen LogP contribution in [-0.2, 0) is 21.4 Å². The van der Waals surface area contributed by atoms with E-state index in [9.17, 15) is 19.5 Å². The second kappa shape index (κ2) is 8.82. The van der Waals surface area contributed by atoms with Gasteiger partial charge in [-0.2, -0.15) is 0 Å². The lowest BCUT2D eigenvalue weighted by Crippen LogP contribution is -2.80. The standard InChI is InChI=1S/C27H36N4O6/c1-5-13-31(4)14-10-26-21-17-6-7-19(36-25(34)30(3)12-11-29-24(33)16(2)28)22(21)37-23(26)18(32)8-9-27(26,35)20(31)15-17/h5-7,16,20,23,35H,1,8-15,28H2,2-4H3/p+1/t16-,20-,23-,26-,27+,31?/m0/s1. The molecule has 2 amide bonds. The lowest BCUT2D eigenvalue weighted by Gasteiger charge is -2.64. The molecule has 1 saturated carbocycles. The van der Waals surface area contributed by atoms with Crippen molar-refractivity contribution in [3.8, 4) is 11.5 Å². The Labute approximate surface area is 217 Å². The number of nitrogens with zero attached hydrogens (tertiary/aromatic N) is 2. The Morgan fingerprint density at radius 3 is 2.89 bits per heavy atom. The summed E-state index contributed by atoms with van der Waals surface area (Å²) in [5.41, 5.74) is 5.44. The van der Waals surface area contributed by atoms with E-state index in [0.717, 1.165) is 24.2 Å². The zero-order valence-electron chi connectivity index (χ0n) is 21.8. The number of hydrogen-bond acceptors (Lipinski definition) is 7. The maximum absolute atomic E-state index is 13.2. The van der Waals surface area contributed by atoms with Crippen LogP contribution in [0.25, 0.3) is 0 Å². The minimum Gasteiger partial charge on any atom is -0.477 e. The van der Waals surface area contributed by atoms with E-state index in [4.69, 9.17) is 15.2 Å². The molecule has 37 heavy (non-hydrogen) atoms. The molecule has 4 aliphatic rings. The number of nitrogens with two attached hydrogens (primary N) is 1. The van der Waals surface area contributed by atoms with Crippen molar-refractivity contribution in [2.75, 3.05) is 40.3 Å². The molecule has 6 atom stereocenters. The van der Waals surface area contributed by atoms with Crippen molar-refractivity contribution in [3.63, 3.8) is 0 Å². The summed E-state index contributed by atoms with van der Waals surface area (Å²) in [6.45, 7) is 7.51. The summed E-state index contributed by atoms with van der Waals surface area (Å²) in [7, 11) is 3.73. The smallest absolute Gasteiger partial charge is 0.415 e. The molecule has 2 bridgehead atoms. The number of ether oxygens (including phenoxy) is 2. The second-order valence-electron chi connectivity index (χ2n) is 11.3. The third-order valence-electron chi connectivity index (χ3n) is 9.10. The van der Waals surface area contributed by atoms with Gasteiger partial charge in [0.1, 0.15) is 11.6 Å². The zero-order valence-corrected chi connectivity index (χ0v) is 21.8. The maximum atomic E-state index is 13.2. The summed E-state index contributed by atoms with van der Waals surface area (Å²) >= 11 is 0. The van der Waals surface area contributed by atoms with Crippen molar-refractivity contribution in [1.29, 1.82) is 0 Å². The molecule has 1 aromatic carbocycles. The Balaban J connectivity index is 1.46. The Kier molecular flexibility index (Phi) is 6.12. The number of amides is 2. The first-order valence-electron chi connectivity index (χ1n) is 13.0. The number of benzene rings is 1. The van der Waals surface area contributed by atoms with Gasteiger partial charge in [-0.1, -0.05) is 12.6 Å². The van der Waals surface area contributed by atoms with Gasteiger partial charge in [-0.05, 0) is 31.1 Å². The highest BCUT2D eigenvalue weighted by Crippen LogP contribution is 2.65. The number of nitrogens with one attached hydrogen (secondary N) is 1. The van der Waals surface area contributed by atoms with Gasteiger partial charge < -0.3 is 35.0 Å². The third kappa shape index (κ3) is 3.60. The Morgan fingerprint density at radius 2 is 2.19 bits per heavy atom. The van der Waals surface area contributed by atoms with E-state index in [-0.39, 0.29) is 43.0 Å². The van der Waals surface area contributed by atoms with Crippen LogP contribution in [0.2, 0.25) is 0 Å². The van der Waals surface area contributed by atoms with Crippen LogP contribution in [0.5, 0.6) is 11.5 Å². The molecule has 0 radical (unpaired) electrons. The molecular formula is C27H37N4O6+. The molecule has 4 N–H and O–H groups in total. The lowest BCUT2D eigenvalue weighted by molar-refractivity contribution is -0.944. The van der Waals surface area contributed by atoms with Gasteiger partial charge >= 0.3 is 6.09 Å². The van der Waals surface area contributed by atoms with E-state index in [1.807, 2.05) is 12.1 Å². The van der Waals surface area contributed by atoms with Crippen LogP contribution in [0.15, 0.2) is 24.8 Å². The highest BCUT2D eigenvalue weighted by Gasteiger charge is 2.76. The first-order chi connectivity index (χ1) is 17.5. The Morgan fingerprint density at radius 1 is 1.43 bits per heavy atom. The number of rotatable bonds is 7. The van der Waals surface area contributed by atoms with Crippen molar-refractivity contribution in [3.05, 3.63) is 35.9 Å². The SMILES string of the molecule is C=CC[N+]1(C)CC[C@]23c4c5ccc(OC(=O)N(C)CCNC(=O)[C@H](C)N)c4O[C@H]2C(=O)CC[C@@]3(O)[C@@H]1C5. The van der Waals surface area contributed by atoms with Crippen molar-refractivity contribution >= 4 is 17.8 Å². The molecular weight excluding hydrogens is 476 g/mol. The molecule has 1 aromatic rings. The molecule has 10 nitrogen and oxygen atoms in total. The lowest BCUT2D eigenvalue weighted by atomic mass is 9.48. The van der Waals surface area contributed by atoms with E-state index >= 15 is 0 Å². The Bertz CT molecular complexity index is 1170. The summed E-state index contributed by atoms with van der Waals surface area (Å²) in [5.74, 6) is 0.306. The van der Waals surface area contributed by atoms with Crippen LogP contribution >= 0.6 is 0 Å². The van der Waals surface area contributed by atoms with Gasteiger partial charge in [0.15, 0.2) is 23.4 Å². The molecule has 10 heteroatoms. The van der Waals surface area contributed by atoms with E-state index in [1.165, 1.54) is 4.90 Å². The van der Waals surface area contributed by atoms with Gasteiger partial charge in [-0.25, -0.2) is 4.79 Å². The van der Waals surface area contributed by atoms with E-state index in [2.05, 4.69) is 18.9 Å². The monoisotopic (exact) mass is 513 g/mol. The number of piperidine rings is 1. The van der Waals surface area contributed by atoms with Gasteiger partial charge in [0.25, 0.3) is 0 Å². The van der Waals surface area contributed by atoms with Gasteiger partial charge in [0, 0.05) is 45.0 Å². The fourth-order valence-electron chi connectivity index (χ4n) is 7.18. The van der Waals surface area contributed by atoms with Gasteiger partial charge in [0.2, 0.25) is 5.91 Å².